The Morgan fingerprint density at radius 3 is 2.56 bits per heavy atom. The van der Waals surface area contributed by atoms with E-state index in [2.05, 4.69) is 4.98 Å². The van der Waals surface area contributed by atoms with Crippen molar-refractivity contribution in [1.82, 2.24) is 9.88 Å². The Kier molecular flexibility index (Phi) is 5.17. The molecule has 1 saturated heterocycles. The monoisotopic (exact) mass is 436 g/mol. The van der Waals surface area contributed by atoms with Crippen molar-refractivity contribution in [1.29, 1.82) is 0 Å². The molecule has 0 saturated carbocycles. The first-order valence-corrected chi connectivity index (χ1v) is 10.4. The maximum Gasteiger partial charge on any atom is 0.227 e. The highest BCUT2D eigenvalue weighted by Gasteiger charge is 2.33. The zero-order chi connectivity index (χ0) is 22.2. The summed E-state index contributed by atoms with van der Waals surface area (Å²) in [4.78, 5) is 19.2. The SMILES string of the molecule is O=C(Cc1ccc(F)cc1)N1CCC[C@H]1c1nc2cc(-c3ccc(F)cc3F)ccc2o1. The summed E-state index contributed by atoms with van der Waals surface area (Å²) in [6.45, 7) is 0.593. The van der Waals surface area contributed by atoms with Crippen molar-refractivity contribution in [3.05, 3.63) is 89.6 Å². The van der Waals surface area contributed by atoms with E-state index in [0.29, 0.717) is 29.1 Å². The molecule has 0 N–H and O–H groups in total. The van der Waals surface area contributed by atoms with Crippen LogP contribution in [0.3, 0.4) is 0 Å². The predicted octanol–water partition coefficient (Wildman–Crippen LogP) is 5.82. The Morgan fingerprint density at radius 1 is 1.00 bits per heavy atom. The van der Waals surface area contributed by atoms with E-state index in [1.54, 1.807) is 35.2 Å². The van der Waals surface area contributed by atoms with Crippen molar-refractivity contribution in [3.8, 4) is 11.1 Å². The molecule has 1 aromatic heterocycles. The van der Waals surface area contributed by atoms with E-state index in [4.69, 9.17) is 4.42 Å². The molecule has 2 heterocycles. The van der Waals surface area contributed by atoms with Crippen molar-refractivity contribution in [2.75, 3.05) is 6.54 Å². The molecular formula is C25H19F3N2O2. The number of carbonyl (C=O) groups is 1. The number of carbonyl (C=O) groups excluding carboxylic acids is 1. The molecule has 4 nitrogen and oxygen atoms in total. The second kappa shape index (κ2) is 8.15. The van der Waals surface area contributed by atoms with E-state index in [1.807, 2.05) is 0 Å². The van der Waals surface area contributed by atoms with Gasteiger partial charge < -0.3 is 9.32 Å². The average Bonchev–Trinajstić information content (AvgIpc) is 3.41. The number of hydrogen-bond donors (Lipinski definition) is 0. The predicted molar refractivity (Wildman–Crippen MR) is 113 cm³/mol. The summed E-state index contributed by atoms with van der Waals surface area (Å²) < 4.78 is 46.5. The molecule has 3 aromatic carbocycles. The van der Waals surface area contributed by atoms with Gasteiger partial charge >= 0.3 is 0 Å². The minimum atomic E-state index is -0.651. The van der Waals surface area contributed by atoms with Crippen LogP contribution in [0, 0.1) is 17.5 Å². The van der Waals surface area contributed by atoms with E-state index >= 15 is 0 Å². The standard InChI is InChI=1S/C25H19F3N2O2/c26-17-6-3-15(4-7-17)12-24(31)30-11-1-2-22(30)25-29-21-13-16(5-10-23(21)32-25)19-9-8-18(27)14-20(19)28/h3-10,13-14,22H,1-2,11-12H2/t22-/m0/s1. The van der Waals surface area contributed by atoms with Crippen molar-refractivity contribution in [2.24, 2.45) is 0 Å². The lowest BCUT2D eigenvalue weighted by molar-refractivity contribution is -0.131. The molecule has 0 radical (unpaired) electrons. The van der Waals surface area contributed by atoms with Crippen LogP contribution in [0.5, 0.6) is 0 Å². The number of oxazole rings is 1. The molecule has 0 aliphatic carbocycles. The van der Waals surface area contributed by atoms with Crippen LogP contribution in [0.2, 0.25) is 0 Å². The number of amides is 1. The number of halogens is 3. The fourth-order valence-electron chi connectivity index (χ4n) is 4.18. The Morgan fingerprint density at radius 2 is 1.78 bits per heavy atom. The lowest BCUT2D eigenvalue weighted by Gasteiger charge is -2.22. The summed E-state index contributed by atoms with van der Waals surface area (Å²) in [5.74, 6) is -1.27. The molecule has 1 atom stereocenters. The van der Waals surface area contributed by atoms with Crippen LogP contribution >= 0.6 is 0 Å². The van der Waals surface area contributed by atoms with E-state index < -0.39 is 11.6 Å². The number of fused-ring (bicyclic) bond motifs is 1. The van der Waals surface area contributed by atoms with E-state index in [9.17, 15) is 18.0 Å². The van der Waals surface area contributed by atoms with Gasteiger partial charge in [0.15, 0.2) is 5.58 Å². The fraction of sp³-hybridized carbons (Fsp3) is 0.200. The summed E-state index contributed by atoms with van der Waals surface area (Å²) in [5, 5.41) is 0. The molecule has 1 fully saturated rings. The minimum absolute atomic E-state index is 0.0737. The smallest absolute Gasteiger partial charge is 0.227 e. The largest absolute Gasteiger partial charge is 0.438 e. The van der Waals surface area contributed by atoms with E-state index in [1.165, 1.54) is 24.3 Å². The van der Waals surface area contributed by atoms with Crippen molar-refractivity contribution < 1.29 is 22.4 Å². The molecule has 32 heavy (non-hydrogen) atoms. The quantitative estimate of drug-likeness (QED) is 0.405. The van der Waals surface area contributed by atoms with Crippen LogP contribution in [0.4, 0.5) is 13.2 Å². The van der Waals surface area contributed by atoms with Gasteiger partial charge in [-0.2, -0.15) is 0 Å². The molecule has 1 amide bonds. The molecule has 5 rings (SSSR count). The summed E-state index contributed by atoms with van der Waals surface area (Å²) >= 11 is 0. The molecule has 1 aliphatic rings. The average molecular weight is 436 g/mol. The number of nitrogens with zero attached hydrogens (tertiary/aromatic N) is 2. The summed E-state index contributed by atoms with van der Waals surface area (Å²) in [5.41, 5.74) is 2.65. The third-order valence-corrected chi connectivity index (χ3v) is 5.77. The van der Waals surface area contributed by atoms with Crippen LogP contribution in [-0.2, 0) is 11.2 Å². The lowest BCUT2D eigenvalue weighted by atomic mass is 10.0. The third-order valence-electron chi connectivity index (χ3n) is 5.77. The molecular weight excluding hydrogens is 417 g/mol. The van der Waals surface area contributed by atoms with Gasteiger partial charge in [0.25, 0.3) is 0 Å². The van der Waals surface area contributed by atoms with E-state index in [0.717, 1.165) is 24.5 Å². The van der Waals surface area contributed by atoms with Crippen LogP contribution in [0.1, 0.15) is 30.3 Å². The van der Waals surface area contributed by atoms with E-state index in [-0.39, 0.29) is 29.8 Å². The fourth-order valence-corrected chi connectivity index (χ4v) is 4.18. The topological polar surface area (TPSA) is 46.3 Å². The van der Waals surface area contributed by atoms with Crippen molar-refractivity contribution in [3.63, 3.8) is 0 Å². The van der Waals surface area contributed by atoms with Crippen molar-refractivity contribution >= 4 is 17.0 Å². The maximum atomic E-state index is 14.2. The van der Waals surface area contributed by atoms with Crippen LogP contribution in [0.25, 0.3) is 22.2 Å². The van der Waals surface area contributed by atoms with Crippen molar-refractivity contribution in [2.45, 2.75) is 25.3 Å². The highest BCUT2D eigenvalue weighted by molar-refractivity contribution is 5.81. The van der Waals surface area contributed by atoms with Gasteiger partial charge in [-0.05, 0) is 60.4 Å². The van der Waals surface area contributed by atoms with Gasteiger partial charge in [0.05, 0.1) is 6.42 Å². The Balaban J connectivity index is 1.40. The normalized spacial score (nSPS) is 16.1. The van der Waals surface area contributed by atoms with Gasteiger partial charge in [-0.1, -0.05) is 18.2 Å². The molecule has 162 valence electrons. The summed E-state index contributed by atoms with van der Waals surface area (Å²) in [6.07, 6.45) is 1.72. The first-order valence-electron chi connectivity index (χ1n) is 10.4. The highest BCUT2D eigenvalue weighted by Crippen LogP contribution is 2.35. The number of rotatable bonds is 4. The summed E-state index contributed by atoms with van der Waals surface area (Å²) in [6, 6.07) is 14.1. The summed E-state index contributed by atoms with van der Waals surface area (Å²) in [7, 11) is 0. The highest BCUT2D eigenvalue weighted by atomic mass is 19.1. The minimum Gasteiger partial charge on any atom is -0.438 e. The molecule has 0 unspecified atom stereocenters. The second-order valence-corrected chi connectivity index (χ2v) is 7.91. The Bertz CT molecular complexity index is 1300. The van der Waals surface area contributed by atoms with Gasteiger partial charge in [0.1, 0.15) is 29.0 Å². The van der Waals surface area contributed by atoms with Crippen LogP contribution in [0.15, 0.2) is 65.1 Å². The molecule has 7 heteroatoms. The molecule has 4 aromatic rings. The number of likely N-dealkylation sites (tertiary alicyclic amines) is 1. The van der Waals surface area contributed by atoms with Gasteiger partial charge in [-0.15, -0.1) is 0 Å². The number of benzene rings is 3. The molecule has 0 bridgehead atoms. The third kappa shape index (κ3) is 3.86. The number of aromatic nitrogens is 1. The zero-order valence-corrected chi connectivity index (χ0v) is 17.0. The van der Waals surface area contributed by atoms with Crippen LogP contribution in [-0.4, -0.2) is 22.3 Å². The van der Waals surface area contributed by atoms with Gasteiger partial charge in [0, 0.05) is 18.2 Å². The van der Waals surface area contributed by atoms with Gasteiger partial charge in [-0.25, -0.2) is 18.2 Å². The first kappa shape index (κ1) is 20.3. The number of hydrogen-bond acceptors (Lipinski definition) is 3. The zero-order valence-electron chi connectivity index (χ0n) is 17.0. The Labute approximate surface area is 182 Å². The van der Waals surface area contributed by atoms with Gasteiger partial charge in [-0.3, -0.25) is 4.79 Å². The maximum absolute atomic E-state index is 14.2. The first-order chi connectivity index (χ1) is 15.5. The Hall–Kier alpha value is -3.61. The molecule has 0 spiro atoms. The lowest BCUT2D eigenvalue weighted by Crippen LogP contribution is -2.32. The molecule has 1 aliphatic heterocycles. The second-order valence-electron chi connectivity index (χ2n) is 7.91. The van der Waals surface area contributed by atoms with Crippen LogP contribution < -0.4 is 0 Å². The van der Waals surface area contributed by atoms with Gasteiger partial charge in [0.2, 0.25) is 11.8 Å².